The molecule has 0 spiro atoms. The molecule has 0 bridgehead atoms. The third kappa shape index (κ3) is 4.37. The highest BCUT2D eigenvalue weighted by atomic mass is 79.9. The summed E-state index contributed by atoms with van der Waals surface area (Å²) in [6, 6.07) is 15.0. The number of hydrogen-bond donors (Lipinski definition) is 2. The molecule has 3 N–H and O–H groups in total. The molecule has 0 aliphatic carbocycles. The molecule has 0 saturated carbocycles. The first kappa shape index (κ1) is 17.4. The van der Waals surface area contributed by atoms with Gasteiger partial charge in [0, 0.05) is 16.0 Å². The monoisotopic (exact) mass is 419 g/mol. The van der Waals surface area contributed by atoms with E-state index < -0.39 is 0 Å². The van der Waals surface area contributed by atoms with Gasteiger partial charge >= 0.3 is 0 Å². The summed E-state index contributed by atoms with van der Waals surface area (Å²) < 4.78 is 2.49. The lowest BCUT2D eigenvalue weighted by atomic mass is 10.2. The van der Waals surface area contributed by atoms with Crippen molar-refractivity contribution in [2.24, 2.45) is 0 Å². The van der Waals surface area contributed by atoms with Crippen molar-refractivity contribution in [3.8, 4) is 0 Å². The second-order valence-electron chi connectivity index (χ2n) is 5.42. The highest BCUT2D eigenvalue weighted by Gasteiger charge is 2.17. The number of benzene rings is 2. The number of carbonyl (C=O) groups is 1. The highest BCUT2D eigenvalue weighted by Crippen LogP contribution is 2.14. The number of halogens is 2. The van der Waals surface area contributed by atoms with Crippen LogP contribution in [0.4, 0.5) is 5.82 Å². The van der Waals surface area contributed by atoms with Crippen LogP contribution in [0.25, 0.3) is 0 Å². The number of amides is 1. The molecular weight excluding hydrogens is 406 g/mol. The van der Waals surface area contributed by atoms with Crippen molar-refractivity contribution < 1.29 is 4.79 Å². The second kappa shape index (κ2) is 7.67. The smallest absolute Gasteiger partial charge is 0.275 e. The fourth-order valence-corrected chi connectivity index (χ4v) is 2.62. The van der Waals surface area contributed by atoms with Gasteiger partial charge < -0.3 is 11.1 Å². The zero-order valence-electron chi connectivity index (χ0n) is 13.1. The third-order valence-electron chi connectivity index (χ3n) is 3.60. The number of rotatable bonds is 5. The van der Waals surface area contributed by atoms with E-state index in [1.54, 1.807) is 12.1 Å². The summed E-state index contributed by atoms with van der Waals surface area (Å²) in [6.07, 6.45) is 0. The Balaban J connectivity index is 1.66. The number of nitrogens with one attached hydrogen (secondary N) is 1. The Labute approximate surface area is 158 Å². The van der Waals surface area contributed by atoms with Crippen molar-refractivity contribution in [2.45, 2.75) is 13.1 Å². The average molecular weight is 421 g/mol. The topological polar surface area (TPSA) is 85.8 Å². The van der Waals surface area contributed by atoms with Crippen molar-refractivity contribution in [3.05, 3.63) is 74.8 Å². The molecule has 0 aliphatic rings. The fraction of sp³-hybridized carbons (Fsp3) is 0.118. The molecule has 0 radical (unpaired) electrons. The lowest BCUT2D eigenvalue weighted by molar-refractivity contribution is 0.0946. The van der Waals surface area contributed by atoms with Crippen molar-refractivity contribution in [1.82, 2.24) is 20.3 Å². The number of aromatic nitrogens is 3. The number of hydrogen-bond acceptors (Lipinski definition) is 4. The molecule has 0 fully saturated rings. The SMILES string of the molecule is Nc1c(C(=O)NCc2ccc(Cl)cc2)nnn1Cc1ccc(Br)cc1. The maximum absolute atomic E-state index is 12.3. The fourth-order valence-electron chi connectivity index (χ4n) is 2.23. The molecule has 0 aliphatic heterocycles. The Morgan fingerprint density at radius 3 is 2.44 bits per heavy atom. The largest absolute Gasteiger partial charge is 0.382 e. The number of carbonyl (C=O) groups excluding carboxylic acids is 1. The van der Waals surface area contributed by atoms with Crippen LogP contribution in [-0.2, 0) is 13.1 Å². The van der Waals surface area contributed by atoms with Crippen LogP contribution in [0.2, 0.25) is 5.02 Å². The average Bonchev–Trinajstić information content (AvgIpc) is 2.97. The summed E-state index contributed by atoms with van der Waals surface area (Å²) in [4.78, 5) is 12.3. The van der Waals surface area contributed by atoms with Crippen LogP contribution >= 0.6 is 27.5 Å². The first-order valence-corrected chi connectivity index (χ1v) is 8.66. The van der Waals surface area contributed by atoms with Gasteiger partial charge in [-0.3, -0.25) is 4.79 Å². The third-order valence-corrected chi connectivity index (χ3v) is 4.38. The van der Waals surface area contributed by atoms with Crippen molar-refractivity contribution in [1.29, 1.82) is 0 Å². The Hall–Kier alpha value is -2.38. The molecule has 0 saturated heterocycles. The molecule has 6 nitrogen and oxygen atoms in total. The van der Waals surface area contributed by atoms with E-state index in [-0.39, 0.29) is 17.4 Å². The van der Waals surface area contributed by atoms with Crippen LogP contribution in [0.15, 0.2) is 53.0 Å². The number of nitrogen functional groups attached to an aromatic ring is 1. The maximum atomic E-state index is 12.3. The predicted octanol–water partition coefficient (Wildman–Crippen LogP) is 3.25. The van der Waals surface area contributed by atoms with Crippen LogP contribution in [0, 0.1) is 0 Å². The molecule has 8 heteroatoms. The van der Waals surface area contributed by atoms with Crippen molar-refractivity contribution >= 4 is 39.3 Å². The summed E-state index contributed by atoms with van der Waals surface area (Å²) in [5, 5.41) is 11.3. The van der Waals surface area contributed by atoms with Gasteiger partial charge in [-0.1, -0.05) is 57.0 Å². The van der Waals surface area contributed by atoms with E-state index >= 15 is 0 Å². The molecule has 3 rings (SSSR count). The Morgan fingerprint density at radius 1 is 1.12 bits per heavy atom. The van der Waals surface area contributed by atoms with Gasteiger partial charge in [-0.05, 0) is 35.4 Å². The number of nitrogens with two attached hydrogens (primary N) is 1. The van der Waals surface area contributed by atoms with E-state index in [2.05, 4.69) is 31.6 Å². The quantitative estimate of drug-likeness (QED) is 0.663. The molecule has 0 atom stereocenters. The van der Waals surface area contributed by atoms with E-state index in [0.717, 1.165) is 15.6 Å². The summed E-state index contributed by atoms with van der Waals surface area (Å²) in [7, 11) is 0. The molecule has 3 aromatic rings. The summed E-state index contributed by atoms with van der Waals surface area (Å²) in [5.74, 6) is -0.133. The summed E-state index contributed by atoms with van der Waals surface area (Å²) in [6.45, 7) is 0.797. The predicted molar refractivity (Wildman–Crippen MR) is 100 cm³/mol. The normalized spacial score (nSPS) is 10.6. The Morgan fingerprint density at radius 2 is 1.76 bits per heavy atom. The number of nitrogens with zero attached hydrogens (tertiary/aromatic N) is 3. The van der Waals surface area contributed by atoms with Gasteiger partial charge in [0.1, 0.15) is 0 Å². The summed E-state index contributed by atoms with van der Waals surface area (Å²) in [5.41, 5.74) is 8.07. The Kier molecular flexibility index (Phi) is 5.35. The van der Waals surface area contributed by atoms with Gasteiger partial charge in [0.25, 0.3) is 5.91 Å². The maximum Gasteiger partial charge on any atom is 0.275 e. The van der Waals surface area contributed by atoms with E-state index in [9.17, 15) is 4.79 Å². The second-order valence-corrected chi connectivity index (χ2v) is 6.77. The van der Waals surface area contributed by atoms with E-state index in [1.165, 1.54) is 4.68 Å². The zero-order valence-corrected chi connectivity index (χ0v) is 15.5. The van der Waals surface area contributed by atoms with E-state index in [1.807, 2.05) is 36.4 Å². The molecule has 1 heterocycles. The van der Waals surface area contributed by atoms with Crippen LogP contribution in [0.3, 0.4) is 0 Å². The minimum absolute atomic E-state index is 0.117. The molecule has 1 aromatic heterocycles. The lowest BCUT2D eigenvalue weighted by Crippen LogP contribution is -2.24. The molecule has 128 valence electrons. The van der Waals surface area contributed by atoms with Crippen molar-refractivity contribution in [3.63, 3.8) is 0 Å². The Bertz CT molecular complexity index is 877. The van der Waals surface area contributed by atoms with Gasteiger partial charge in [-0.2, -0.15) is 0 Å². The zero-order chi connectivity index (χ0) is 17.8. The minimum Gasteiger partial charge on any atom is -0.382 e. The van der Waals surface area contributed by atoms with Gasteiger partial charge in [0.15, 0.2) is 11.5 Å². The van der Waals surface area contributed by atoms with Crippen LogP contribution in [-0.4, -0.2) is 20.9 Å². The summed E-state index contributed by atoms with van der Waals surface area (Å²) >= 11 is 9.23. The highest BCUT2D eigenvalue weighted by molar-refractivity contribution is 9.10. The van der Waals surface area contributed by atoms with Crippen LogP contribution in [0.1, 0.15) is 21.6 Å². The van der Waals surface area contributed by atoms with Gasteiger partial charge in [-0.25, -0.2) is 4.68 Å². The molecule has 25 heavy (non-hydrogen) atoms. The molecule has 1 amide bonds. The van der Waals surface area contributed by atoms with E-state index in [4.69, 9.17) is 17.3 Å². The van der Waals surface area contributed by atoms with E-state index in [0.29, 0.717) is 18.1 Å². The van der Waals surface area contributed by atoms with Gasteiger partial charge in [0.2, 0.25) is 0 Å². The van der Waals surface area contributed by atoms with Crippen LogP contribution in [0.5, 0.6) is 0 Å². The number of anilines is 1. The first-order valence-electron chi connectivity index (χ1n) is 7.49. The molecule has 2 aromatic carbocycles. The molecule has 0 unspecified atom stereocenters. The first-order chi connectivity index (χ1) is 12.0. The van der Waals surface area contributed by atoms with Crippen LogP contribution < -0.4 is 11.1 Å². The minimum atomic E-state index is -0.366. The molecular formula is C17H15BrClN5O. The lowest BCUT2D eigenvalue weighted by Gasteiger charge is -2.05. The van der Waals surface area contributed by atoms with Gasteiger partial charge in [0.05, 0.1) is 6.54 Å². The van der Waals surface area contributed by atoms with Gasteiger partial charge in [-0.15, -0.1) is 5.10 Å². The van der Waals surface area contributed by atoms with Crippen molar-refractivity contribution in [2.75, 3.05) is 5.73 Å². The standard InChI is InChI=1S/C17H15BrClN5O/c18-13-5-1-12(2-6-13)10-24-16(20)15(22-23-24)17(25)21-9-11-3-7-14(19)8-4-11/h1-8H,9-10,20H2,(H,21,25).